The molecule has 0 saturated heterocycles. The molecule has 1 aromatic heterocycles. The lowest BCUT2D eigenvalue weighted by molar-refractivity contribution is 0.415. The van der Waals surface area contributed by atoms with Crippen molar-refractivity contribution in [2.24, 2.45) is 5.73 Å². The molecule has 0 amide bonds. The second-order valence-electron chi connectivity index (χ2n) is 4.18. The minimum absolute atomic E-state index is 0.111. The standard InChI is InChI=1S/C13H17N3O/c1-9(14)6-13-12(8-15-16-13)10-4-3-5-11(7-10)17-2/h3-5,7-9H,6,14H2,1-2H3,(H,15,16). The summed E-state index contributed by atoms with van der Waals surface area (Å²) in [7, 11) is 1.66. The molecule has 1 heterocycles. The minimum Gasteiger partial charge on any atom is -0.497 e. The van der Waals surface area contributed by atoms with E-state index >= 15 is 0 Å². The Bertz CT molecular complexity index is 491. The van der Waals surface area contributed by atoms with Gasteiger partial charge in [0, 0.05) is 23.7 Å². The van der Waals surface area contributed by atoms with E-state index in [0.717, 1.165) is 29.0 Å². The summed E-state index contributed by atoms with van der Waals surface area (Å²) >= 11 is 0. The molecule has 0 fully saturated rings. The number of methoxy groups -OCH3 is 1. The lowest BCUT2D eigenvalue weighted by Gasteiger charge is -2.07. The number of hydrogen-bond donors (Lipinski definition) is 2. The van der Waals surface area contributed by atoms with Crippen LogP contribution in [-0.2, 0) is 6.42 Å². The molecule has 0 aliphatic heterocycles. The van der Waals surface area contributed by atoms with E-state index in [-0.39, 0.29) is 6.04 Å². The van der Waals surface area contributed by atoms with Crippen molar-refractivity contribution < 1.29 is 4.74 Å². The highest BCUT2D eigenvalue weighted by atomic mass is 16.5. The van der Waals surface area contributed by atoms with Crippen LogP contribution in [0.25, 0.3) is 11.1 Å². The normalized spacial score (nSPS) is 12.4. The lowest BCUT2D eigenvalue weighted by Crippen LogP contribution is -2.18. The molecule has 0 radical (unpaired) electrons. The SMILES string of the molecule is COc1cccc(-c2cn[nH]c2CC(C)N)c1. The van der Waals surface area contributed by atoms with Crippen LogP contribution in [0.3, 0.4) is 0 Å². The van der Waals surface area contributed by atoms with Gasteiger partial charge in [0.2, 0.25) is 0 Å². The van der Waals surface area contributed by atoms with E-state index in [0.29, 0.717) is 0 Å². The third-order valence-electron chi connectivity index (χ3n) is 2.63. The lowest BCUT2D eigenvalue weighted by atomic mass is 10.0. The van der Waals surface area contributed by atoms with Gasteiger partial charge in [-0.05, 0) is 24.6 Å². The molecule has 1 aromatic carbocycles. The van der Waals surface area contributed by atoms with Gasteiger partial charge < -0.3 is 10.5 Å². The summed E-state index contributed by atoms with van der Waals surface area (Å²) in [5.74, 6) is 0.843. The Morgan fingerprint density at radius 3 is 3.00 bits per heavy atom. The molecule has 4 nitrogen and oxygen atoms in total. The second-order valence-corrected chi connectivity index (χ2v) is 4.18. The first-order valence-electron chi connectivity index (χ1n) is 5.63. The zero-order valence-corrected chi connectivity index (χ0v) is 10.1. The number of H-pyrrole nitrogens is 1. The van der Waals surface area contributed by atoms with Crippen molar-refractivity contribution in [3.05, 3.63) is 36.2 Å². The molecular weight excluding hydrogens is 214 g/mol. The Labute approximate surface area is 101 Å². The third-order valence-corrected chi connectivity index (χ3v) is 2.63. The number of aromatic amines is 1. The van der Waals surface area contributed by atoms with Crippen molar-refractivity contribution in [1.29, 1.82) is 0 Å². The molecule has 0 saturated carbocycles. The monoisotopic (exact) mass is 231 g/mol. The Hall–Kier alpha value is -1.81. The Balaban J connectivity index is 2.35. The molecule has 0 bridgehead atoms. The predicted molar refractivity (Wildman–Crippen MR) is 67.9 cm³/mol. The molecule has 0 aliphatic rings. The first kappa shape index (κ1) is 11.7. The van der Waals surface area contributed by atoms with Gasteiger partial charge in [-0.2, -0.15) is 5.10 Å². The quantitative estimate of drug-likeness (QED) is 0.845. The topological polar surface area (TPSA) is 63.9 Å². The van der Waals surface area contributed by atoms with Gasteiger partial charge in [-0.3, -0.25) is 5.10 Å². The fourth-order valence-electron chi connectivity index (χ4n) is 1.83. The molecule has 1 unspecified atom stereocenters. The highest BCUT2D eigenvalue weighted by molar-refractivity contribution is 5.66. The van der Waals surface area contributed by atoms with Gasteiger partial charge in [0.15, 0.2) is 0 Å². The Morgan fingerprint density at radius 2 is 2.29 bits per heavy atom. The molecule has 0 aliphatic carbocycles. The van der Waals surface area contributed by atoms with E-state index in [9.17, 15) is 0 Å². The third kappa shape index (κ3) is 2.65. The molecule has 4 heteroatoms. The molecule has 17 heavy (non-hydrogen) atoms. The van der Waals surface area contributed by atoms with Crippen molar-refractivity contribution in [3.63, 3.8) is 0 Å². The van der Waals surface area contributed by atoms with Gasteiger partial charge in [0.25, 0.3) is 0 Å². The summed E-state index contributed by atoms with van der Waals surface area (Å²) in [5, 5.41) is 7.09. The number of aromatic nitrogens is 2. The number of nitrogens with one attached hydrogen (secondary N) is 1. The first-order chi connectivity index (χ1) is 8.20. The Morgan fingerprint density at radius 1 is 1.47 bits per heavy atom. The van der Waals surface area contributed by atoms with Crippen molar-refractivity contribution in [2.75, 3.05) is 7.11 Å². The maximum atomic E-state index is 5.81. The van der Waals surface area contributed by atoms with Gasteiger partial charge in [-0.25, -0.2) is 0 Å². The number of nitrogens with two attached hydrogens (primary N) is 1. The summed E-state index contributed by atoms with van der Waals surface area (Å²) in [6.45, 7) is 1.98. The number of rotatable bonds is 4. The summed E-state index contributed by atoms with van der Waals surface area (Å²) < 4.78 is 5.22. The van der Waals surface area contributed by atoms with Crippen LogP contribution in [0.5, 0.6) is 5.75 Å². The number of nitrogens with zero attached hydrogens (tertiary/aromatic N) is 1. The molecule has 2 aromatic rings. The average Bonchev–Trinajstić information content (AvgIpc) is 2.76. The maximum Gasteiger partial charge on any atom is 0.119 e. The van der Waals surface area contributed by atoms with Crippen molar-refractivity contribution >= 4 is 0 Å². The molecule has 0 spiro atoms. The van der Waals surface area contributed by atoms with E-state index < -0.39 is 0 Å². The van der Waals surface area contributed by atoms with Crippen molar-refractivity contribution in [3.8, 4) is 16.9 Å². The smallest absolute Gasteiger partial charge is 0.119 e. The van der Waals surface area contributed by atoms with E-state index in [1.165, 1.54) is 0 Å². The molecule has 1 atom stereocenters. The van der Waals surface area contributed by atoms with Crippen LogP contribution < -0.4 is 10.5 Å². The largest absolute Gasteiger partial charge is 0.497 e. The van der Waals surface area contributed by atoms with E-state index in [1.54, 1.807) is 7.11 Å². The fourth-order valence-corrected chi connectivity index (χ4v) is 1.83. The van der Waals surface area contributed by atoms with Gasteiger partial charge in [-0.1, -0.05) is 12.1 Å². The maximum absolute atomic E-state index is 5.81. The molecule has 2 rings (SSSR count). The predicted octanol–water partition coefficient (Wildman–Crippen LogP) is 1.97. The van der Waals surface area contributed by atoms with Crippen molar-refractivity contribution in [2.45, 2.75) is 19.4 Å². The number of hydrogen-bond acceptors (Lipinski definition) is 3. The highest BCUT2D eigenvalue weighted by Gasteiger charge is 2.09. The summed E-state index contributed by atoms with van der Waals surface area (Å²) in [5.41, 5.74) is 9.05. The summed E-state index contributed by atoms with van der Waals surface area (Å²) in [4.78, 5) is 0. The van der Waals surface area contributed by atoms with Crippen LogP contribution in [-0.4, -0.2) is 23.3 Å². The first-order valence-corrected chi connectivity index (χ1v) is 5.63. The summed E-state index contributed by atoms with van der Waals surface area (Å²) in [6, 6.07) is 8.04. The molecule has 90 valence electrons. The second kappa shape index (κ2) is 5.01. The van der Waals surface area contributed by atoms with Crippen LogP contribution in [0.15, 0.2) is 30.5 Å². The van der Waals surface area contributed by atoms with Crippen LogP contribution in [0.4, 0.5) is 0 Å². The van der Waals surface area contributed by atoms with E-state index in [2.05, 4.69) is 10.2 Å². The highest BCUT2D eigenvalue weighted by Crippen LogP contribution is 2.26. The average molecular weight is 231 g/mol. The number of benzene rings is 1. The van der Waals surface area contributed by atoms with Crippen LogP contribution in [0.1, 0.15) is 12.6 Å². The van der Waals surface area contributed by atoms with Crippen LogP contribution in [0.2, 0.25) is 0 Å². The van der Waals surface area contributed by atoms with E-state index in [4.69, 9.17) is 10.5 Å². The Kier molecular flexibility index (Phi) is 3.44. The van der Waals surface area contributed by atoms with Gasteiger partial charge in [0.1, 0.15) is 5.75 Å². The zero-order valence-electron chi connectivity index (χ0n) is 10.1. The number of ether oxygens (including phenoxy) is 1. The van der Waals surface area contributed by atoms with E-state index in [1.807, 2.05) is 37.4 Å². The van der Waals surface area contributed by atoms with Crippen LogP contribution >= 0.6 is 0 Å². The van der Waals surface area contributed by atoms with Gasteiger partial charge in [0.05, 0.1) is 13.3 Å². The summed E-state index contributed by atoms with van der Waals surface area (Å²) in [6.07, 6.45) is 2.61. The fraction of sp³-hybridized carbons (Fsp3) is 0.308. The van der Waals surface area contributed by atoms with Crippen LogP contribution in [0, 0.1) is 0 Å². The zero-order chi connectivity index (χ0) is 12.3. The van der Waals surface area contributed by atoms with Gasteiger partial charge >= 0.3 is 0 Å². The van der Waals surface area contributed by atoms with Crippen molar-refractivity contribution in [1.82, 2.24) is 10.2 Å². The molecule has 3 N–H and O–H groups in total. The minimum atomic E-state index is 0.111. The van der Waals surface area contributed by atoms with Gasteiger partial charge in [-0.15, -0.1) is 0 Å². The molecular formula is C13H17N3O.